The molecule has 2 rings (SSSR count). The van der Waals surface area contributed by atoms with Gasteiger partial charge in [-0.2, -0.15) is 0 Å². The van der Waals surface area contributed by atoms with E-state index in [-0.39, 0.29) is 0 Å². The van der Waals surface area contributed by atoms with Crippen LogP contribution in [0.2, 0.25) is 0 Å². The summed E-state index contributed by atoms with van der Waals surface area (Å²) in [5.41, 5.74) is 6.12. The fraction of sp³-hybridized carbons (Fsp3) is 1.00. The monoisotopic (exact) mass is 171 g/mol. The summed E-state index contributed by atoms with van der Waals surface area (Å²) < 4.78 is 10.6. The van der Waals surface area contributed by atoms with Gasteiger partial charge in [-0.1, -0.05) is 0 Å². The number of hydrogen-bond donors (Lipinski definition) is 1. The van der Waals surface area contributed by atoms with Crippen LogP contribution in [0.25, 0.3) is 0 Å². The largest absolute Gasteiger partial charge is 0.381 e. The molecule has 0 amide bonds. The minimum absolute atomic E-state index is 0.301. The quantitative estimate of drug-likeness (QED) is 0.653. The SMILES string of the molecule is NC(C1CCOC1)C1CCOC1. The molecule has 0 aromatic heterocycles. The van der Waals surface area contributed by atoms with Gasteiger partial charge in [0.1, 0.15) is 0 Å². The van der Waals surface area contributed by atoms with Crippen molar-refractivity contribution >= 4 is 0 Å². The molecule has 0 aliphatic carbocycles. The lowest BCUT2D eigenvalue weighted by atomic mass is 9.88. The Morgan fingerprint density at radius 2 is 1.50 bits per heavy atom. The van der Waals surface area contributed by atoms with Crippen LogP contribution in [-0.2, 0) is 9.47 Å². The molecule has 2 unspecified atom stereocenters. The molecule has 2 saturated heterocycles. The van der Waals surface area contributed by atoms with Crippen molar-refractivity contribution in [1.82, 2.24) is 0 Å². The number of ether oxygens (including phenoxy) is 2. The number of hydrogen-bond acceptors (Lipinski definition) is 3. The maximum absolute atomic E-state index is 6.12. The molecule has 0 aromatic rings. The molecular weight excluding hydrogens is 154 g/mol. The molecule has 2 atom stereocenters. The van der Waals surface area contributed by atoms with Gasteiger partial charge in [-0.3, -0.25) is 0 Å². The van der Waals surface area contributed by atoms with Crippen LogP contribution in [0.3, 0.4) is 0 Å². The molecule has 2 heterocycles. The Kier molecular flexibility index (Phi) is 2.63. The highest BCUT2D eigenvalue weighted by molar-refractivity contribution is 4.84. The van der Waals surface area contributed by atoms with E-state index in [1.165, 1.54) is 0 Å². The molecule has 12 heavy (non-hydrogen) atoms. The highest BCUT2D eigenvalue weighted by Gasteiger charge is 2.31. The molecule has 70 valence electrons. The van der Waals surface area contributed by atoms with Crippen LogP contribution in [-0.4, -0.2) is 32.5 Å². The summed E-state index contributed by atoms with van der Waals surface area (Å²) in [4.78, 5) is 0. The summed E-state index contributed by atoms with van der Waals surface area (Å²) in [6.45, 7) is 3.51. The summed E-state index contributed by atoms with van der Waals surface area (Å²) in [6.07, 6.45) is 2.27. The molecule has 2 N–H and O–H groups in total. The van der Waals surface area contributed by atoms with Gasteiger partial charge < -0.3 is 15.2 Å². The average Bonchev–Trinajstić information content (AvgIpc) is 2.77. The Hall–Kier alpha value is -0.120. The van der Waals surface area contributed by atoms with Crippen LogP contribution < -0.4 is 5.73 Å². The van der Waals surface area contributed by atoms with Gasteiger partial charge in [0.25, 0.3) is 0 Å². The molecular formula is C9H17NO2. The highest BCUT2D eigenvalue weighted by atomic mass is 16.5. The Morgan fingerprint density at radius 1 is 1.00 bits per heavy atom. The Morgan fingerprint density at radius 3 is 1.83 bits per heavy atom. The van der Waals surface area contributed by atoms with Gasteiger partial charge in [0.05, 0.1) is 13.2 Å². The van der Waals surface area contributed by atoms with E-state index in [0.717, 1.165) is 39.3 Å². The van der Waals surface area contributed by atoms with Crippen molar-refractivity contribution in [2.75, 3.05) is 26.4 Å². The Labute approximate surface area is 73.2 Å². The lowest BCUT2D eigenvalue weighted by molar-refractivity contribution is 0.157. The first kappa shape index (κ1) is 8.48. The first-order valence-corrected chi connectivity index (χ1v) is 4.79. The van der Waals surface area contributed by atoms with Crippen molar-refractivity contribution in [3.05, 3.63) is 0 Å². The van der Waals surface area contributed by atoms with Crippen LogP contribution in [0.15, 0.2) is 0 Å². The second kappa shape index (κ2) is 3.73. The minimum atomic E-state index is 0.301. The first-order valence-electron chi connectivity index (χ1n) is 4.79. The third-order valence-corrected chi connectivity index (χ3v) is 3.02. The van der Waals surface area contributed by atoms with E-state index in [1.54, 1.807) is 0 Å². The molecule has 3 nitrogen and oxygen atoms in total. The second-order valence-electron chi connectivity index (χ2n) is 3.82. The molecule has 2 aliphatic rings. The maximum atomic E-state index is 6.12. The molecule has 2 aliphatic heterocycles. The van der Waals surface area contributed by atoms with Gasteiger partial charge in [-0.25, -0.2) is 0 Å². The van der Waals surface area contributed by atoms with Gasteiger partial charge >= 0.3 is 0 Å². The van der Waals surface area contributed by atoms with E-state index in [2.05, 4.69) is 0 Å². The van der Waals surface area contributed by atoms with Gasteiger partial charge in [0, 0.05) is 19.3 Å². The molecule has 0 spiro atoms. The fourth-order valence-corrected chi connectivity index (χ4v) is 2.10. The zero-order valence-electron chi connectivity index (χ0n) is 7.37. The van der Waals surface area contributed by atoms with Crippen LogP contribution >= 0.6 is 0 Å². The average molecular weight is 171 g/mol. The molecule has 3 heteroatoms. The topological polar surface area (TPSA) is 44.5 Å². The standard InChI is InChI=1S/C9H17NO2/c10-9(7-1-3-11-5-7)8-2-4-12-6-8/h7-9H,1-6,10H2. The van der Waals surface area contributed by atoms with Gasteiger partial charge in [0.2, 0.25) is 0 Å². The minimum Gasteiger partial charge on any atom is -0.381 e. The molecule has 0 saturated carbocycles. The second-order valence-corrected chi connectivity index (χ2v) is 3.82. The third-order valence-electron chi connectivity index (χ3n) is 3.02. The molecule has 2 fully saturated rings. The van der Waals surface area contributed by atoms with Crippen molar-refractivity contribution in [2.24, 2.45) is 17.6 Å². The summed E-state index contributed by atoms with van der Waals surface area (Å²) in [5.74, 6) is 1.16. The summed E-state index contributed by atoms with van der Waals surface area (Å²) >= 11 is 0. The molecule has 0 aromatic carbocycles. The molecule has 0 radical (unpaired) electrons. The number of rotatable bonds is 2. The lowest BCUT2D eigenvalue weighted by Crippen LogP contribution is -2.38. The highest BCUT2D eigenvalue weighted by Crippen LogP contribution is 2.25. The van der Waals surface area contributed by atoms with Crippen molar-refractivity contribution in [2.45, 2.75) is 18.9 Å². The van der Waals surface area contributed by atoms with Crippen LogP contribution in [0.1, 0.15) is 12.8 Å². The van der Waals surface area contributed by atoms with E-state index in [1.807, 2.05) is 0 Å². The predicted molar refractivity (Wildman–Crippen MR) is 45.8 cm³/mol. The zero-order chi connectivity index (χ0) is 8.39. The Balaban J connectivity index is 1.84. The fourth-order valence-electron chi connectivity index (χ4n) is 2.10. The number of nitrogens with two attached hydrogens (primary N) is 1. The van der Waals surface area contributed by atoms with Gasteiger partial charge in [0.15, 0.2) is 0 Å². The third kappa shape index (κ3) is 1.63. The van der Waals surface area contributed by atoms with Crippen molar-refractivity contribution < 1.29 is 9.47 Å². The maximum Gasteiger partial charge on any atom is 0.0510 e. The van der Waals surface area contributed by atoms with E-state index in [0.29, 0.717) is 17.9 Å². The lowest BCUT2D eigenvalue weighted by Gasteiger charge is -2.22. The Bertz CT molecular complexity index is 123. The van der Waals surface area contributed by atoms with Crippen molar-refractivity contribution in [1.29, 1.82) is 0 Å². The van der Waals surface area contributed by atoms with E-state index in [9.17, 15) is 0 Å². The summed E-state index contributed by atoms with van der Waals surface area (Å²) in [5, 5.41) is 0. The van der Waals surface area contributed by atoms with Crippen LogP contribution in [0.5, 0.6) is 0 Å². The molecule has 0 bridgehead atoms. The summed E-state index contributed by atoms with van der Waals surface area (Å²) in [6, 6.07) is 0.301. The smallest absolute Gasteiger partial charge is 0.0510 e. The summed E-state index contributed by atoms with van der Waals surface area (Å²) in [7, 11) is 0. The normalized spacial score (nSPS) is 38.8. The van der Waals surface area contributed by atoms with Crippen LogP contribution in [0, 0.1) is 11.8 Å². The van der Waals surface area contributed by atoms with E-state index >= 15 is 0 Å². The van der Waals surface area contributed by atoms with Gasteiger partial charge in [-0.15, -0.1) is 0 Å². The predicted octanol–water partition coefficient (Wildman–Crippen LogP) is 0.387. The van der Waals surface area contributed by atoms with E-state index < -0.39 is 0 Å². The van der Waals surface area contributed by atoms with E-state index in [4.69, 9.17) is 15.2 Å². The van der Waals surface area contributed by atoms with Crippen LogP contribution in [0.4, 0.5) is 0 Å². The van der Waals surface area contributed by atoms with Gasteiger partial charge in [-0.05, 0) is 24.7 Å². The first-order chi connectivity index (χ1) is 5.88. The van der Waals surface area contributed by atoms with Crippen molar-refractivity contribution in [3.8, 4) is 0 Å². The zero-order valence-corrected chi connectivity index (χ0v) is 7.37. The van der Waals surface area contributed by atoms with Crippen molar-refractivity contribution in [3.63, 3.8) is 0 Å².